The van der Waals surface area contributed by atoms with Gasteiger partial charge < -0.3 is 4.57 Å². The lowest BCUT2D eigenvalue weighted by Crippen LogP contribution is -2.17. The highest BCUT2D eigenvalue weighted by molar-refractivity contribution is 7.27. The molecule has 10 aromatic rings. The van der Waals surface area contributed by atoms with Gasteiger partial charge in [-0.3, -0.25) is 0 Å². The van der Waals surface area contributed by atoms with Crippen LogP contribution in [0.3, 0.4) is 0 Å². The fraction of sp³-hybridized carbons (Fsp3) is 0.160. The van der Waals surface area contributed by atoms with Crippen LogP contribution in [0.15, 0.2) is 127 Å². The smallest absolute Gasteiger partial charge is 0.0555 e. The first-order valence-corrected chi connectivity index (χ1v) is 20.7. The first-order valence-electron chi connectivity index (χ1n) is 19.1. The topological polar surface area (TPSA) is 4.93 Å². The summed E-state index contributed by atoms with van der Waals surface area (Å²) in [5.74, 6) is 0.547. The van der Waals surface area contributed by atoms with Gasteiger partial charge in [-0.15, -0.1) is 22.7 Å². The van der Waals surface area contributed by atoms with E-state index in [9.17, 15) is 0 Å². The second-order valence-corrected chi connectivity index (χ2v) is 18.0. The third kappa shape index (κ3) is 3.97. The first-order chi connectivity index (χ1) is 26.0. The molecule has 0 N–H and O–H groups in total. The number of aromatic nitrogens is 1. The molecule has 254 valence electrons. The van der Waals surface area contributed by atoms with Crippen LogP contribution in [0.4, 0.5) is 0 Å². The van der Waals surface area contributed by atoms with Crippen molar-refractivity contribution in [3.63, 3.8) is 0 Å². The predicted molar refractivity (Wildman–Crippen MR) is 231 cm³/mol. The SMILES string of the molecule is CCCC1Cc2cc3c(cc2-c2c1ccc1c2sc2ccccc21)-c1cc2c4c5sc6ccccc6c5ccc4n(-c4ccccc4)c2cc1C3(C)C. The van der Waals surface area contributed by atoms with E-state index in [0.29, 0.717) is 5.92 Å². The van der Waals surface area contributed by atoms with E-state index in [1.807, 2.05) is 22.7 Å². The van der Waals surface area contributed by atoms with Crippen molar-refractivity contribution in [2.75, 3.05) is 0 Å². The van der Waals surface area contributed by atoms with E-state index in [1.54, 1.807) is 5.56 Å². The second-order valence-electron chi connectivity index (χ2n) is 15.9. The molecule has 2 aliphatic rings. The quantitative estimate of drug-likeness (QED) is 0.172. The van der Waals surface area contributed by atoms with E-state index < -0.39 is 0 Å². The molecule has 2 aliphatic carbocycles. The van der Waals surface area contributed by atoms with Gasteiger partial charge in [-0.05, 0) is 106 Å². The number of rotatable bonds is 3. The van der Waals surface area contributed by atoms with E-state index in [0.717, 1.165) is 6.42 Å². The molecule has 0 fully saturated rings. The molecule has 3 heterocycles. The number of hydrogen-bond acceptors (Lipinski definition) is 2. The van der Waals surface area contributed by atoms with Crippen LogP contribution in [0.25, 0.3) is 90.1 Å². The number of para-hydroxylation sites is 1. The lowest BCUT2D eigenvalue weighted by Gasteiger charge is -2.30. The van der Waals surface area contributed by atoms with Crippen LogP contribution in [-0.4, -0.2) is 4.57 Å². The zero-order chi connectivity index (χ0) is 35.2. The van der Waals surface area contributed by atoms with Crippen molar-refractivity contribution in [3.05, 3.63) is 150 Å². The van der Waals surface area contributed by atoms with Crippen LogP contribution in [0.2, 0.25) is 0 Å². The highest BCUT2D eigenvalue weighted by Crippen LogP contribution is 2.56. The van der Waals surface area contributed by atoms with Crippen molar-refractivity contribution in [2.45, 2.75) is 51.4 Å². The van der Waals surface area contributed by atoms with Gasteiger partial charge in [-0.2, -0.15) is 0 Å². The van der Waals surface area contributed by atoms with Crippen molar-refractivity contribution >= 4 is 84.8 Å². The Hall–Kier alpha value is -5.22. The maximum absolute atomic E-state index is 2.63. The Kier molecular flexibility index (Phi) is 6.10. The van der Waals surface area contributed by atoms with E-state index in [2.05, 4.69) is 153 Å². The number of fused-ring (bicyclic) bond motifs is 17. The summed E-state index contributed by atoms with van der Waals surface area (Å²) < 4.78 is 8.09. The highest BCUT2D eigenvalue weighted by atomic mass is 32.1. The molecule has 1 unspecified atom stereocenters. The Labute approximate surface area is 316 Å². The van der Waals surface area contributed by atoms with Gasteiger partial charge in [0.2, 0.25) is 0 Å². The van der Waals surface area contributed by atoms with Crippen LogP contribution in [0.1, 0.15) is 61.8 Å². The predicted octanol–water partition coefficient (Wildman–Crippen LogP) is 14.9. The summed E-state index contributed by atoms with van der Waals surface area (Å²) in [6.07, 6.45) is 3.53. The van der Waals surface area contributed by atoms with Gasteiger partial charge in [-0.1, -0.05) is 106 Å². The van der Waals surface area contributed by atoms with E-state index in [-0.39, 0.29) is 5.41 Å². The van der Waals surface area contributed by atoms with Crippen LogP contribution in [0.5, 0.6) is 0 Å². The van der Waals surface area contributed by atoms with Crippen LogP contribution in [-0.2, 0) is 11.8 Å². The minimum atomic E-state index is -0.122. The molecule has 1 nitrogen and oxygen atoms in total. The zero-order valence-corrected chi connectivity index (χ0v) is 31.7. The van der Waals surface area contributed by atoms with Gasteiger partial charge in [0.1, 0.15) is 0 Å². The largest absolute Gasteiger partial charge is 0.309 e. The normalized spacial score (nSPS) is 15.9. The first kappa shape index (κ1) is 30.3. The molecule has 1 atom stereocenters. The second kappa shape index (κ2) is 10.7. The standard InChI is InChI=1S/C50H37NS2/c1-4-12-28-23-29-24-40-37(25-36(29)46-31(28)19-20-34-32-15-8-10-17-44(32)52-48(34)46)38-26-39-43(27-41(38)50(40,2)3)51(30-13-6-5-7-14-30)42-22-21-35-33-16-9-11-18-45(33)53-49(35)47(39)42/h5-11,13-22,24-28H,4,12,23H2,1-3H3. The zero-order valence-electron chi connectivity index (χ0n) is 30.1. The number of thiophene rings is 2. The summed E-state index contributed by atoms with van der Waals surface area (Å²) in [6.45, 7) is 7.26. The van der Waals surface area contributed by atoms with Gasteiger partial charge in [0.05, 0.1) is 11.0 Å². The molecule has 3 aromatic heterocycles. The van der Waals surface area contributed by atoms with Crippen molar-refractivity contribution in [1.82, 2.24) is 4.57 Å². The summed E-state index contributed by atoms with van der Waals surface area (Å²) >= 11 is 3.92. The van der Waals surface area contributed by atoms with Crippen LogP contribution < -0.4 is 0 Å². The Morgan fingerprint density at radius 1 is 0.604 bits per heavy atom. The Morgan fingerprint density at radius 3 is 2.04 bits per heavy atom. The minimum Gasteiger partial charge on any atom is -0.309 e. The fourth-order valence-corrected chi connectivity index (χ4v) is 12.8. The molecule has 0 bridgehead atoms. The molecule has 12 rings (SSSR count). The Bertz CT molecular complexity index is 3190. The molecule has 0 saturated carbocycles. The summed E-state index contributed by atoms with van der Waals surface area (Å²) in [6, 6.07) is 48.8. The third-order valence-corrected chi connectivity index (χ3v) is 15.1. The van der Waals surface area contributed by atoms with Gasteiger partial charge in [0.25, 0.3) is 0 Å². The van der Waals surface area contributed by atoms with Gasteiger partial charge >= 0.3 is 0 Å². The average molecular weight is 716 g/mol. The van der Waals surface area contributed by atoms with Crippen molar-refractivity contribution in [2.24, 2.45) is 0 Å². The summed E-state index contributed by atoms with van der Waals surface area (Å²) in [4.78, 5) is 0. The Balaban J connectivity index is 1.18. The molecule has 53 heavy (non-hydrogen) atoms. The maximum atomic E-state index is 2.63. The van der Waals surface area contributed by atoms with Crippen molar-refractivity contribution < 1.29 is 0 Å². The van der Waals surface area contributed by atoms with E-state index in [1.165, 1.54) is 120 Å². The summed E-state index contributed by atoms with van der Waals surface area (Å²) in [7, 11) is 0. The molecule has 3 heteroatoms. The summed E-state index contributed by atoms with van der Waals surface area (Å²) in [5, 5.41) is 8.20. The molecular weight excluding hydrogens is 679 g/mol. The average Bonchev–Trinajstić information content (AvgIpc) is 3.90. The van der Waals surface area contributed by atoms with Crippen LogP contribution in [0, 0.1) is 0 Å². The van der Waals surface area contributed by atoms with Crippen molar-refractivity contribution in [3.8, 4) is 27.9 Å². The molecule has 0 amide bonds. The number of hydrogen-bond donors (Lipinski definition) is 0. The molecular formula is C50H37NS2. The fourth-order valence-electron chi connectivity index (χ4n) is 10.3. The van der Waals surface area contributed by atoms with Gasteiger partial charge in [-0.25, -0.2) is 0 Å². The monoisotopic (exact) mass is 715 g/mol. The molecule has 0 aliphatic heterocycles. The number of nitrogens with zero attached hydrogens (tertiary/aromatic N) is 1. The van der Waals surface area contributed by atoms with E-state index >= 15 is 0 Å². The van der Waals surface area contributed by atoms with Gasteiger partial charge in [0.15, 0.2) is 0 Å². The highest BCUT2D eigenvalue weighted by Gasteiger charge is 2.39. The maximum Gasteiger partial charge on any atom is 0.0555 e. The molecule has 7 aromatic carbocycles. The molecule has 0 spiro atoms. The number of benzene rings is 7. The molecule has 0 saturated heterocycles. The molecule has 0 radical (unpaired) electrons. The third-order valence-electron chi connectivity index (χ3n) is 12.7. The van der Waals surface area contributed by atoms with Crippen molar-refractivity contribution in [1.29, 1.82) is 0 Å². The lowest BCUT2D eigenvalue weighted by molar-refractivity contribution is 0.603. The van der Waals surface area contributed by atoms with Gasteiger partial charge in [0, 0.05) is 67.8 Å². The van der Waals surface area contributed by atoms with Crippen LogP contribution >= 0.6 is 22.7 Å². The summed E-state index contributed by atoms with van der Waals surface area (Å²) in [5.41, 5.74) is 15.4. The Morgan fingerprint density at radius 2 is 1.26 bits per heavy atom. The minimum absolute atomic E-state index is 0.122. The van der Waals surface area contributed by atoms with E-state index in [4.69, 9.17) is 0 Å². The lowest BCUT2D eigenvalue weighted by atomic mass is 9.74.